The van der Waals surface area contributed by atoms with E-state index in [1.165, 1.54) is 0 Å². The highest BCUT2D eigenvalue weighted by Crippen LogP contribution is 2.31. The summed E-state index contributed by atoms with van der Waals surface area (Å²) in [5, 5.41) is 11.7. The molecule has 0 amide bonds. The van der Waals surface area contributed by atoms with Crippen molar-refractivity contribution in [3.63, 3.8) is 0 Å². The highest BCUT2D eigenvalue weighted by Gasteiger charge is 2.12. The Balaban J connectivity index is 2.46. The fourth-order valence-electron chi connectivity index (χ4n) is 2.36. The molecule has 0 aliphatic carbocycles. The predicted octanol–water partition coefficient (Wildman–Crippen LogP) is 2.88. The lowest BCUT2D eigenvalue weighted by atomic mass is 10.1. The number of H-pyrrole nitrogens is 1. The molecule has 0 fully saturated rings. The molecule has 18 heavy (non-hydrogen) atoms. The summed E-state index contributed by atoms with van der Waals surface area (Å²) < 4.78 is 5.25. The number of phenolic OH excluding ortho intramolecular Hbond substituents is 1. The molecule has 0 aliphatic rings. The van der Waals surface area contributed by atoms with Crippen LogP contribution in [-0.4, -0.2) is 22.2 Å². The number of fused-ring (bicyclic) bond motifs is 3. The molecular weight excluding hydrogens is 228 g/mol. The quantitative estimate of drug-likeness (QED) is 0.726. The van der Waals surface area contributed by atoms with Gasteiger partial charge in [-0.1, -0.05) is 0 Å². The van der Waals surface area contributed by atoms with Crippen molar-refractivity contribution in [3.8, 4) is 5.75 Å². The van der Waals surface area contributed by atoms with Crippen LogP contribution >= 0.6 is 0 Å². The lowest BCUT2D eigenvalue weighted by Gasteiger charge is -2.06. The van der Waals surface area contributed by atoms with E-state index in [0.29, 0.717) is 6.61 Å². The first-order valence-corrected chi connectivity index (χ1v) is 5.78. The van der Waals surface area contributed by atoms with Gasteiger partial charge in [0, 0.05) is 34.7 Å². The number of aromatic hydroxyl groups is 1. The molecule has 3 rings (SSSR count). The SMILES string of the molecule is COCc1c(C)ncc2[nH]c3ccc(O)cc3c12. The molecule has 0 unspecified atom stereocenters. The maximum atomic E-state index is 9.64. The number of benzene rings is 1. The van der Waals surface area contributed by atoms with Crippen molar-refractivity contribution in [2.24, 2.45) is 0 Å². The summed E-state index contributed by atoms with van der Waals surface area (Å²) >= 11 is 0. The molecule has 92 valence electrons. The molecule has 4 nitrogen and oxygen atoms in total. The van der Waals surface area contributed by atoms with Crippen LogP contribution in [0.5, 0.6) is 5.75 Å². The van der Waals surface area contributed by atoms with E-state index >= 15 is 0 Å². The van der Waals surface area contributed by atoms with Gasteiger partial charge in [0.15, 0.2) is 0 Å². The van der Waals surface area contributed by atoms with Crippen molar-refractivity contribution in [2.75, 3.05) is 7.11 Å². The average molecular weight is 242 g/mol. The van der Waals surface area contributed by atoms with Crippen molar-refractivity contribution < 1.29 is 9.84 Å². The fourth-order valence-corrected chi connectivity index (χ4v) is 2.36. The maximum absolute atomic E-state index is 9.64. The molecule has 0 bridgehead atoms. The van der Waals surface area contributed by atoms with E-state index in [4.69, 9.17) is 4.74 Å². The fraction of sp³-hybridized carbons (Fsp3) is 0.214. The number of pyridine rings is 1. The summed E-state index contributed by atoms with van der Waals surface area (Å²) in [6.07, 6.45) is 1.82. The third-order valence-electron chi connectivity index (χ3n) is 3.23. The summed E-state index contributed by atoms with van der Waals surface area (Å²) in [7, 11) is 1.67. The summed E-state index contributed by atoms with van der Waals surface area (Å²) in [4.78, 5) is 7.67. The van der Waals surface area contributed by atoms with E-state index in [1.54, 1.807) is 19.2 Å². The number of phenols is 1. The van der Waals surface area contributed by atoms with Crippen molar-refractivity contribution in [1.82, 2.24) is 9.97 Å². The lowest BCUT2D eigenvalue weighted by molar-refractivity contribution is 0.185. The number of hydrogen-bond acceptors (Lipinski definition) is 3. The third kappa shape index (κ3) is 1.54. The Hall–Kier alpha value is -2.07. The first kappa shape index (κ1) is 11.0. The summed E-state index contributed by atoms with van der Waals surface area (Å²) in [6, 6.07) is 5.32. The van der Waals surface area contributed by atoms with Crippen LogP contribution < -0.4 is 0 Å². The molecule has 0 atom stereocenters. The Labute approximate surface area is 104 Å². The van der Waals surface area contributed by atoms with E-state index in [9.17, 15) is 5.11 Å². The van der Waals surface area contributed by atoms with Crippen molar-refractivity contribution >= 4 is 21.8 Å². The topological polar surface area (TPSA) is 58.1 Å². The largest absolute Gasteiger partial charge is 0.508 e. The number of hydrogen-bond donors (Lipinski definition) is 2. The highest BCUT2D eigenvalue weighted by molar-refractivity contribution is 6.09. The van der Waals surface area contributed by atoms with Crippen LogP contribution in [0.2, 0.25) is 0 Å². The van der Waals surface area contributed by atoms with Gasteiger partial charge in [0.1, 0.15) is 5.75 Å². The molecule has 0 aliphatic heterocycles. The van der Waals surface area contributed by atoms with E-state index < -0.39 is 0 Å². The first-order chi connectivity index (χ1) is 8.70. The van der Waals surface area contributed by atoms with Gasteiger partial charge in [0.2, 0.25) is 0 Å². The first-order valence-electron chi connectivity index (χ1n) is 5.78. The molecular formula is C14H14N2O2. The van der Waals surface area contributed by atoms with E-state index in [1.807, 2.05) is 19.2 Å². The minimum Gasteiger partial charge on any atom is -0.508 e. The standard InChI is InChI=1S/C14H14N2O2/c1-8-11(7-18-2)14-10-5-9(17)3-4-12(10)16-13(14)6-15-8/h3-6,16-17H,7H2,1-2H3. The predicted molar refractivity (Wildman–Crippen MR) is 70.7 cm³/mol. The van der Waals surface area contributed by atoms with Gasteiger partial charge in [-0.15, -0.1) is 0 Å². The second-order valence-corrected chi connectivity index (χ2v) is 4.40. The number of ether oxygens (including phenoxy) is 1. The van der Waals surface area contributed by atoms with Crippen LogP contribution in [0.4, 0.5) is 0 Å². The van der Waals surface area contributed by atoms with Crippen LogP contribution in [0.3, 0.4) is 0 Å². The molecule has 0 spiro atoms. The number of aromatic nitrogens is 2. The van der Waals surface area contributed by atoms with Crippen LogP contribution in [0, 0.1) is 6.92 Å². The molecule has 0 radical (unpaired) electrons. The Morgan fingerprint density at radius 3 is 2.94 bits per heavy atom. The van der Waals surface area contributed by atoms with Crippen LogP contribution in [0.15, 0.2) is 24.4 Å². The molecule has 3 aromatic rings. The van der Waals surface area contributed by atoms with E-state index in [-0.39, 0.29) is 5.75 Å². The number of aromatic amines is 1. The molecule has 0 saturated carbocycles. The second kappa shape index (κ2) is 3.99. The number of rotatable bonds is 2. The van der Waals surface area contributed by atoms with Gasteiger partial charge in [-0.3, -0.25) is 4.98 Å². The molecule has 0 saturated heterocycles. The normalized spacial score (nSPS) is 11.4. The second-order valence-electron chi connectivity index (χ2n) is 4.40. The van der Waals surface area contributed by atoms with Gasteiger partial charge in [-0.25, -0.2) is 0 Å². The average Bonchev–Trinajstić information content (AvgIpc) is 2.71. The monoisotopic (exact) mass is 242 g/mol. The minimum absolute atomic E-state index is 0.265. The molecule has 4 heteroatoms. The van der Waals surface area contributed by atoms with E-state index in [0.717, 1.165) is 33.1 Å². The maximum Gasteiger partial charge on any atom is 0.116 e. The molecule has 2 N–H and O–H groups in total. The van der Waals surface area contributed by atoms with Crippen molar-refractivity contribution in [2.45, 2.75) is 13.5 Å². The third-order valence-corrected chi connectivity index (χ3v) is 3.23. The summed E-state index contributed by atoms with van der Waals surface area (Å²) in [6.45, 7) is 2.48. The number of methoxy groups -OCH3 is 1. The Morgan fingerprint density at radius 2 is 2.17 bits per heavy atom. The number of nitrogens with one attached hydrogen (secondary N) is 1. The molecule has 2 aromatic heterocycles. The zero-order valence-corrected chi connectivity index (χ0v) is 10.3. The van der Waals surface area contributed by atoms with Crippen molar-refractivity contribution in [1.29, 1.82) is 0 Å². The zero-order chi connectivity index (χ0) is 12.7. The molecule has 1 aromatic carbocycles. The summed E-state index contributed by atoms with van der Waals surface area (Å²) in [5.74, 6) is 0.265. The number of nitrogens with zero attached hydrogens (tertiary/aromatic N) is 1. The molecule has 2 heterocycles. The Morgan fingerprint density at radius 1 is 1.33 bits per heavy atom. The summed E-state index contributed by atoms with van der Waals surface area (Å²) in [5.41, 5.74) is 3.97. The Kier molecular flexibility index (Phi) is 2.45. The number of aryl methyl sites for hydroxylation is 1. The lowest BCUT2D eigenvalue weighted by Crippen LogP contribution is -1.95. The van der Waals surface area contributed by atoms with Crippen LogP contribution in [0.1, 0.15) is 11.3 Å². The minimum atomic E-state index is 0.265. The Bertz CT molecular complexity index is 731. The van der Waals surface area contributed by atoms with Gasteiger partial charge in [-0.05, 0) is 25.1 Å². The van der Waals surface area contributed by atoms with Crippen molar-refractivity contribution in [3.05, 3.63) is 35.7 Å². The van der Waals surface area contributed by atoms with Crippen LogP contribution in [0.25, 0.3) is 21.8 Å². The van der Waals surface area contributed by atoms with Gasteiger partial charge in [-0.2, -0.15) is 0 Å². The smallest absolute Gasteiger partial charge is 0.116 e. The highest BCUT2D eigenvalue weighted by atomic mass is 16.5. The zero-order valence-electron chi connectivity index (χ0n) is 10.3. The van der Waals surface area contributed by atoms with Crippen LogP contribution in [-0.2, 0) is 11.3 Å². The van der Waals surface area contributed by atoms with E-state index in [2.05, 4.69) is 9.97 Å². The van der Waals surface area contributed by atoms with Gasteiger partial charge in [0.05, 0.1) is 18.3 Å². The van der Waals surface area contributed by atoms with Gasteiger partial charge < -0.3 is 14.8 Å². The van der Waals surface area contributed by atoms with Gasteiger partial charge >= 0.3 is 0 Å². The van der Waals surface area contributed by atoms with Gasteiger partial charge in [0.25, 0.3) is 0 Å².